The normalized spacial score (nSPS) is 11.1. The highest BCUT2D eigenvalue weighted by Gasteiger charge is 2.13. The Balaban J connectivity index is 2.14. The molecule has 5 nitrogen and oxygen atoms in total. The van der Waals surface area contributed by atoms with Crippen molar-refractivity contribution in [1.82, 2.24) is 19.8 Å². The molecule has 0 aliphatic heterocycles. The van der Waals surface area contributed by atoms with E-state index in [0.717, 1.165) is 10.6 Å². The van der Waals surface area contributed by atoms with Crippen molar-refractivity contribution in [3.8, 4) is 16.3 Å². The number of hydrogen-bond acceptors (Lipinski definition) is 5. The first-order chi connectivity index (χ1) is 8.69. The van der Waals surface area contributed by atoms with Crippen LogP contribution in [0.15, 0.2) is 18.5 Å². The van der Waals surface area contributed by atoms with Gasteiger partial charge in [0.05, 0.1) is 17.2 Å². The largest absolute Gasteiger partial charge is 0.494 e. The molecule has 0 fully saturated rings. The second-order valence-corrected chi connectivity index (χ2v) is 5.21. The van der Waals surface area contributed by atoms with Gasteiger partial charge < -0.3 is 4.74 Å². The second kappa shape index (κ2) is 4.38. The Morgan fingerprint density at radius 2 is 2.00 bits per heavy atom. The smallest absolute Gasteiger partial charge is 0.234 e. The van der Waals surface area contributed by atoms with Gasteiger partial charge >= 0.3 is 0 Å². The summed E-state index contributed by atoms with van der Waals surface area (Å²) in [4.78, 5) is 0.716. The molecule has 0 saturated heterocycles. The summed E-state index contributed by atoms with van der Waals surface area (Å²) in [7, 11) is 1.52. The molecular weight excluding hydrogens is 295 g/mol. The predicted octanol–water partition coefficient (Wildman–Crippen LogP) is 3.17. The summed E-state index contributed by atoms with van der Waals surface area (Å²) in [6.45, 7) is 0. The number of fused-ring (bicyclic) bond motifs is 1. The van der Waals surface area contributed by atoms with Gasteiger partial charge in [-0.2, -0.15) is 9.61 Å². The second-order valence-electron chi connectivity index (χ2n) is 3.44. The number of aromatic nitrogens is 4. The van der Waals surface area contributed by atoms with Gasteiger partial charge in [0.2, 0.25) is 4.96 Å². The number of hydrogen-bond donors (Lipinski definition) is 0. The van der Waals surface area contributed by atoms with Crippen molar-refractivity contribution in [1.29, 1.82) is 0 Å². The van der Waals surface area contributed by atoms with Crippen molar-refractivity contribution in [3.63, 3.8) is 0 Å². The monoisotopic (exact) mass is 300 g/mol. The molecule has 0 unspecified atom stereocenters. The van der Waals surface area contributed by atoms with Crippen molar-refractivity contribution in [2.75, 3.05) is 7.11 Å². The minimum absolute atomic E-state index is 0.450. The number of ether oxygens (including phenoxy) is 1. The molecule has 1 aromatic carbocycles. The van der Waals surface area contributed by atoms with Gasteiger partial charge in [-0.3, -0.25) is 0 Å². The fourth-order valence-corrected chi connectivity index (χ4v) is 3.00. The van der Waals surface area contributed by atoms with Gasteiger partial charge in [-0.05, 0) is 12.1 Å². The van der Waals surface area contributed by atoms with Gasteiger partial charge in [0.1, 0.15) is 11.3 Å². The zero-order valence-electron chi connectivity index (χ0n) is 9.09. The first-order valence-corrected chi connectivity index (χ1v) is 6.46. The van der Waals surface area contributed by atoms with E-state index in [4.69, 9.17) is 27.9 Å². The van der Waals surface area contributed by atoms with Crippen LogP contribution < -0.4 is 4.74 Å². The summed E-state index contributed by atoms with van der Waals surface area (Å²) >= 11 is 13.6. The first kappa shape index (κ1) is 11.7. The third-order valence-electron chi connectivity index (χ3n) is 2.34. The Hall–Kier alpha value is -1.37. The van der Waals surface area contributed by atoms with Crippen LogP contribution in [0.2, 0.25) is 10.0 Å². The molecule has 0 atom stereocenters. The first-order valence-electron chi connectivity index (χ1n) is 4.89. The molecule has 0 spiro atoms. The molecule has 0 bridgehead atoms. The van der Waals surface area contributed by atoms with Gasteiger partial charge in [0, 0.05) is 5.56 Å². The van der Waals surface area contributed by atoms with Crippen molar-refractivity contribution in [3.05, 3.63) is 28.5 Å². The fourth-order valence-electron chi connectivity index (χ4n) is 1.55. The molecule has 8 heteroatoms. The van der Waals surface area contributed by atoms with E-state index in [1.165, 1.54) is 18.4 Å². The van der Waals surface area contributed by atoms with Crippen LogP contribution in [-0.2, 0) is 0 Å². The van der Waals surface area contributed by atoms with Crippen LogP contribution in [0.25, 0.3) is 15.5 Å². The highest BCUT2D eigenvalue weighted by Crippen LogP contribution is 2.38. The van der Waals surface area contributed by atoms with Crippen LogP contribution in [0.4, 0.5) is 0 Å². The van der Waals surface area contributed by atoms with E-state index < -0.39 is 0 Å². The van der Waals surface area contributed by atoms with Gasteiger partial charge in [0.15, 0.2) is 5.75 Å². The van der Waals surface area contributed by atoms with Gasteiger partial charge in [-0.15, -0.1) is 10.2 Å². The van der Waals surface area contributed by atoms with Gasteiger partial charge in [-0.1, -0.05) is 34.5 Å². The van der Waals surface area contributed by atoms with Crippen molar-refractivity contribution in [2.45, 2.75) is 0 Å². The lowest BCUT2D eigenvalue weighted by Gasteiger charge is -2.06. The van der Waals surface area contributed by atoms with E-state index in [2.05, 4.69) is 15.3 Å². The van der Waals surface area contributed by atoms with E-state index in [9.17, 15) is 0 Å². The summed E-state index contributed by atoms with van der Waals surface area (Å²) in [6.07, 6.45) is 1.54. The zero-order chi connectivity index (χ0) is 12.7. The summed E-state index contributed by atoms with van der Waals surface area (Å²) in [5, 5.41) is 13.7. The third-order valence-corrected chi connectivity index (χ3v) is 3.86. The molecule has 3 rings (SSSR count). The molecule has 2 aromatic heterocycles. The molecule has 0 aliphatic carbocycles. The quantitative estimate of drug-likeness (QED) is 0.729. The van der Waals surface area contributed by atoms with E-state index in [0.29, 0.717) is 20.8 Å². The van der Waals surface area contributed by atoms with Crippen LogP contribution in [0.1, 0.15) is 0 Å². The maximum absolute atomic E-state index is 6.09. The van der Waals surface area contributed by atoms with E-state index in [1.807, 2.05) is 0 Å². The maximum atomic E-state index is 6.09. The highest BCUT2D eigenvalue weighted by atomic mass is 35.5. The summed E-state index contributed by atoms with van der Waals surface area (Å²) < 4.78 is 6.71. The molecule has 3 aromatic rings. The Bertz CT molecular complexity index is 672. The SMILES string of the molecule is COc1c(Cl)cc(-c2nn3cnnc3s2)cc1Cl. The molecule has 0 aliphatic rings. The number of benzene rings is 1. The Labute approximate surface area is 116 Å². The van der Waals surface area contributed by atoms with E-state index in [-0.39, 0.29) is 0 Å². The van der Waals surface area contributed by atoms with Gasteiger partial charge in [-0.25, -0.2) is 0 Å². The van der Waals surface area contributed by atoms with Crippen molar-refractivity contribution < 1.29 is 4.74 Å². The number of rotatable bonds is 2. The summed E-state index contributed by atoms with van der Waals surface area (Å²) in [5.41, 5.74) is 0.821. The fraction of sp³-hybridized carbons (Fsp3) is 0.100. The lowest BCUT2D eigenvalue weighted by atomic mass is 10.2. The topological polar surface area (TPSA) is 52.3 Å². The number of methoxy groups -OCH3 is 1. The molecular formula is C10H6Cl2N4OS. The maximum Gasteiger partial charge on any atom is 0.234 e. The molecule has 92 valence electrons. The van der Waals surface area contributed by atoms with Crippen LogP contribution in [0.3, 0.4) is 0 Å². The summed E-state index contributed by atoms with van der Waals surface area (Å²) in [5.74, 6) is 0.463. The molecule has 0 N–H and O–H groups in total. The lowest BCUT2D eigenvalue weighted by molar-refractivity contribution is 0.415. The summed E-state index contributed by atoms with van der Waals surface area (Å²) in [6, 6.07) is 3.52. The average molecular weight is 301 g/mol. The molecule has 0 amide bonds. The molecule has 0 radical (unpaired) electrons. The number of nitrogens with zero attached hydrogens (tertiary/aromatic N) is 4. The predicted molar refractivity (Wildman–Crippen MR) is 70.7 cm³/mol. The van der Waals surface area contributed by atoms with Crippen LogP contribution in [0.5, 0.6) is 5.75 Å². The Morgan fingerprint density at radius 1 is 1.28 bits per heavy atom. The minimum Gasteiger partial charge on any atom is -0.494 e. The number of halogens is 2. The van der Waals surface area contributed by atoms with Crippen molar-refractivity contribution >= 4 is 39.5 Å². The minimum atomic E-state index is 0.450. The van der Waals surface area contributed by atoms with E-state index >= 15 is 0 Å². The molecule has 2 heterocycles. The Morgan fingerprint density at radius 3 is 2.61 bits per heavy atom. The van der Waals surface area contributed by atoms with Crippen LogP contribution in [-0.4, -0.2) is 26.9 Å². The zero-order valence-corrected chi connectivity index (χ0v) is 11.4. The highest BCUT2D eigenvalue weighted by molar-refractivity contribution is 7.19. The third kappa shape index (κ3) is 1.82. The molecule has 0 saturated carbocycles. The van der Waals surface area contributed by atoms with Gasteiger partial charge in [0.25, 0.3) is 0 Å². The molecule has 18 heavy (non-hydrogen) atoms. The van der Waals surface area contributed by atoms with Crippen LogP contribution >= 0.6 is 34.5 Å². The van der Waals surface area contributed by atoms with E-state index in [1.54, 1.807) is 23.0 Å². The Kier molecular flexibility index (Phi) is 2.85. The standard InChI is InChI=1S/C10H6Cl2N4OS/c1-17-8-6(11)2-5(3-7(8)12)9-15-16-4-13-14-10(16)18-9/h2-4H,1H3. The van der Waals surface area contributed by atoms with Crippen molar-refractivity contribution in [2.24, 2.45) is 0 Å². The average Bonchev–Trinajstić information content (AvgIpc) is 2.88. The van der Waals surface area contributed by atoms with Crippen LogP contribution in [0, 0.1) is 0 Å². The lowest BCUT2D eigenvalue weighted by Crippen LogP contribution is -1.88.